The molecule has 2 aromatic rings. The molecule has 0 aliphatic heterocycles. The number of esters is 1. The van der Waals surface area contributed by atoms with Gasteiger partial charge in [0.25, 0.3) is 0 Å². The number of nitrogens with zero attached hydrogens (tertiary/aromatic N) is 2. The van der Waals surface area contributed by atoms with Crippen molar-refractivity contribution < 1.29 is 22.7 Å². The average molecular weight is 302 g/mol. The van der Waals surface area contributed by atoms with Gasteiger partial charge in [-0.15, -0.1) is 0 Å². The van der Waals surface area contributed by atoms with Gasteiger partial charge in [-0.3, -0.25) is 4.79 Å². The number of rotatable bonds is 3. The van der Waals surface area contributed by atoms with Crippen molar-refractivity contribution in [2.24, 2.45) is 0 Å². The molecule has 0 unspecified atom stereocenters. The van der Waals surface area contributed by atoms with Gasteiger partial charge in [0, 0.05) is 13.1 Å². The Morgan fingerprint density at radius 3 is 2.70 bits per heavy atom. The first-order valence-corrected chi connectivity index (χ1v) is 6.25. The second-order valence-corrected chi connectivity index (χ2v) is 4.87. The van der Waals surface area contributed by atoms with Crippen LogP contribution in [0.15, 0.2) is 41.6 Å². The van der Waals surface area contributed by atoms with Crippen molar-refractivity contribution in [2.75, 3.05) is 0 Å². The molecule has 106 valence electrons. The summed E-state index contributed by atoms with van der Waals surface area (Å²) in [5.74, 6) is -0.291. The summed E-state index contributed by atoms with van der Waals surface area (Å²) in [5, 5.41) is 3.84. The molecule has 1 heterocycles. The normalized spacial score (nSPS) is 11.4. The number of benzene rings is 1. The number of carbonyl (C=O) groups excluding carboxylic acids is 1. The summed E-state index contributed by atoms with van der Waals surface area (Å²) in [7, 11) is 0. The predicted molar refractivity (Wildman–Crippen MR) is 66.8 cm³/mol. The number of ether oxygens (including phenoxy) is 1. The summed E-state index contributed by atoms with van der Waals surface area (Å²) >= 11 is -0.255. The molecule has 0 amide bonds. The Labute approximate surface area is 116 Å². The van der Waals surface area contributed by atoms with Crippen LogP contribution in [-0.2, 0) is 4.79 Å². The van der Waals surface area contributed by atoms with E-state index in [1.807, 2.05) is 0 Å². The number of halogens is 3. The van der Waals surface area contributed by atoms with E-state index in [0.29, 0.717) is 5.69 Å². The summed E-state index contributed by atoms with van der Waals surface area (Å²) < 4.78 is 43.0. The Hall–Kier alpha value is -1.96. The zero-order valence-corrected chi connectivity index (χ0v) is 11.0. The maximum absolute atomic E-state index is 12.3. The van der Waals surface area contributed by atoms with Crippen LogP contribution in [0.25, 0.3) is 5.69 Å². The van der Waals surface area contributed by atoms with E-state index in [1.165, 1.54) is 23.9 Å². The molecule has 1 aromatic heterocycles. The SMILES string of the molecule is CC(=O)Oc1ccccc1-n1cc(SC(F)(F)F)cn1. The van der Waals surface area contributed by atoms with Crippen LogP contribution in [0, 0.1) is 0 Å². The fourth-order valence-electron chi connectivity index (χ4n) is 1.51. The van der Waals surface area contributed by atoms with Gasteiger partial charge in [-0.25, -0.2) is 4.68 Å². The van der Waals surface area contributed by atoms with Crippen LogP contribution in [0.1, 0.15) is 6.92 Å². The van der Waals surface area contributed by atoms with Crippen LogP contribution >= 0.6 is 11.8 Å². The molecule has 0 atom stereocenters. The van der Waals surface area contributed by atoms with E-state index in [9.17, 15) is 18.0 Å². The maximum atomic E-state index is 12.3. The van der Waals surface area contributed by atoms with Crippen molar-refractivity contribution in [1.29, 1.82) is 0 Å². The van der Waals surface area contributed by atoms with E-state index in [-0.39, 0.29) is 22.4 Å². The molecule has 0 N–H and O–H groups in total. The minimum Gasteiger partial charge on any atom is -0.424 e. The van der Waals surface area contributed by atoms with Crippen molar-refractivity contribution >= 4 is 17.7 Å². The molecule has 0 spiro atoms. The summed E-state index contributed by atoms with van der Waals surface area (Å²) in [6.45, 7) is 1.24. The highest BCUT2D eigenvalue weighted by molar-refractivity contribution is 8.00. The highest BCUT2D eigenvalue weighted by Crippen LogP contribution is 2.37. The number of hydrogen-bond acceptors (Lipinski definition) is 4. The zero-order chi connectivity index (χ0) is 14.8. The van der Waals surface area contributed by atoms with Crippen LogP contribution in [0.4, 0.5) is 13.2 Å². The van der Waals surface area contributed by atoms with E-state index < -0.39 is 11.5 Å². The lowest BCUT2D eigenvalue weighted by molar-refractivity contribution is -0.131. The minimum atomic E-state index is -4.37. The minimum absolute atomic E-state index is 0.0462. The zero-order valence-electron chi connectivity index (χ0n) is 10.2. The van der Waals surface area contributed by atoms with Gasteiger partial charge < -0.3 is 4.74 Å². The number of para-hydroxylation sites is 2. The molecule has 0 aliphatic carbocycles. The number of carbonyl (C=O) groups is 1. The average Bonchev–Trinajstić information content (AvgIpc) is 2.74. The molecule has 8 heteroatoms. The molecule has 20 heavy (non-hydrogen) atoms. The molecule has 0 fully saturated rings. The largest absolute Gasteiger partial charge is 0.446 e. The highest BCUT2D eigenvalue weighted by atomic mass is 32.2. The molecule has 0 saturated heterocycles. The Balaban J connectivity index is 2.30. The lowest BCUT2D eigenvalue weighted by Gasteiger charge is -2.08. The molecule has 0 bridgehead atoms. The van der Waals surface area contributed by atoms with Gasteiger partial charge in [-0.1, -0.05) is 12.1 Å². The Bertz CT molecular complexity index is 625. The smallest absolute Gasteiger partial charge is 0.424 e. The van der Waals surface area contributed by atoms with Crippen LogP contribution in [0.2, 0.25) is 0 Å². The van der Waals surface area contributed by atoms with Crippen molar-refractivity contribution in [1.82, 2.24) is 9.78 Å². The van der Waals surface area contributed by atoms with E-state index in [1.54, 1.807) is 18.2 Å². The Morgan fingerprint density at radius 1 is 1.35 bits per heavy atom. The summed E-state index contributed by atoms with van der Waals surface area (Å²) in [5.41, 5.74) is -3.99. The van der Waals surface area contributed by atoms with Crippen molar-refractivity contribution in [3.8, 4) is 11.4 Å². The van der Waals surface area contributed by atoms with Crippen LogP contribution in [0.5, 0.6) is 5.75 Å². The van der Waals surface area contributed by atoms with Crippen LogP contribution in [-0.4, -0.2) is 21.3 Å². The van der Waals surface area contributed by atoms with Gasteiger partial charge in [-0.05, 0) is 23.9 Å². The monoisotopic (exact) mass is 302 g/mol. The van der Waals surface area contributed by atoms with Gasteiger partial charge in [0.05, 0.1) is 11.1 Å². The molecule has 2 rings (SSSR count). The Kier molecular flexibility index (Phi) is 4.03. The third-order valence-electron chi connectivity index (χ3n) is 2.16. The molecule has 0 saturated carbocycles. The third-order valence-corrected chi connectivity index (χ3v) is 2.84. The molecule has 1 aromatic carbocycles. The molecular weight excluding hydrogens is 293 g/mol. The van der Waals surface area contributed by atoms with Gasteiger partial charge in [0.2, 0.25) is 0 Å². The fraction of sp³-hybridized carbons (Fsp3) is 0.167. The molecular formula is C12H9F3N2O2S. The summed E-state index contributed by atoms with van der Waals surface area (Å²) in [6, 6.07) is 6.44. The second kappa shape index (κ2) is 5.58. The fourth-order valence-corrected chi connectivity index (χ4v) is 2.03. The number of aromatic nitrogens is 2. The van der Waals surface area contributed by atoms with Crippen molar-refractivity contribution in [2.45, 2.75) is 17.3 Å². The van der Waals surface area contributed by atoms with Gasteiger partial charge in [0.15, 0.2) is 5.75 Å². The number of hydrogen-bond donors (Lipinski definition) is 0. The van der Waals surface area contributed by atoms with Crippen LogP contribution < -0.4 is 4.74 Å². The standard InChI is InChI=1S/C12H9F3N2O2S/c1-8(18)19-11-5-3-2-4-10(11)17-7-9(6-16-17)20-12(13,14)15/h2-7H,1H3. The topological polar surface area (TPSA) is 44.1 Å². The second-order valence-electron chi connectivity index (χ2n) is 3.73. The molecule has 0 radical (unpaired) electrons. The van der Waals surface area contributed by atoms with Gasteiger partial charge in [0.1, 0.15) is 5.69 Å². The van der Waals surface area contributed by atoms with E-state index in [4.69, 9.17) is 4.74 Å². The summed E-state index contributed by atoms with van der Waals surface area (Å²) in [6.07, 6.45) is 2.32. The first kappa shape index (κ1) is 14.4. The summed E-state index contributed by atoms with van der Waals surface area (Å²) in [4.78, 5) is 10.9. The number of alkyl halides is 3. The lowest BCUT2D eigenvalue weighted by Crippen LogP contribution is -2.05. The van der Waals surface area contributed by atoms with Gasteiger partial charge >= 0.3 is 11.5 Å². The van der Waals surface area contributed by atoms with E-state index in [0.717, 1.165) is 6.20 Å². The Morgan fingerprint density at radius 2 is 2.05 bits per heavy atom. The molecule has 0 aliphatic rings. The number of thioether (sulfide) groups is 1. The van der Waals surface area contributed by atoms with E-state index >= 15 is 0 Å². The lowest BCUT2D eigenvalue weighted by atomic mass is 10.3. The first-order valence-electron chi connectivity index (χ1n) is 5.43. The maximum Gasteiger partial charge on any atom is 0.446 e. The third kappa shape index (κ3) is 3.77. The van der Waals surface area contributed by atoms with Crippen LogP contribution in [0.3, 0.4) is 0 Å². The predicted octanol–water partition coefficient (Wildman–Crippen LogP) is 3.41. The first-order chi connectivity index (χ1) is 9.35. The van der Waals surface area contributed by atoms with Crippen molar-refractivity contribution in [3.05, 3.63) is 36.7 Å². The van der Waals surface area contributed by atoms with E-state index in [2.05, 4.69) is 5.10 Å². The van der Waals surface area contributed by atoms with Gasteiger partial charge in [-0.2, -0.15) is 18.3 Å². The molecule has 4 nitrogen and oxygen atoms in total. The quantitative estimate of drug-likeness (QED) is 0.495. The highest BCUT2D eigenvalue weighted by Gasteiger charge is 2.30. The van der Waals surface area contributed by atoms with Crippen molar-refractivity contribution in [3.63, 3.8) is 0 Å².